The van der Waals surface area contributed by atoms with E-state index in [1.807, 2.05) is 26.8 Å². The molecule has 0 amide bonds. The summed E-state index contributed by atoms with van der Waals surface area (Å²) < 4.78 is 0. The Morgan fingerprint density at radius 3 is 2.48 bits per heavy atom. The van der Waals surface area contributed by atoms with Gasteiger partial charge in [-0.15, -0.1) is 11.3 Å². The van der Waals surface area contributed by atoms with Crippen LogP contribution in [0.3, 0.4) is 0 Å². The van der Waals surface area contributed by atoms with Crippen LogP contribution in [0, 0.1) is 13.8 Å². The van der Waals surface area contributed by atoms with E-state index < -0.39 is 5.97 Å². The van der Waals surface area contributed by atoms with Crippen LogP contribution in [-0.4, -0.2) is 21.8 Å². The van der Waals surface area contributed by atoms with Gasteiger partial charge in [-0.3, -0.25) is 5.43 Å². The molecule has 0 spiro atoms. The van der Waals surface area contributed by atoms with Crippen LogP contribution in [0.5, 0.6) is 0 Å². The zero-order chi connectivity index (χ0) is 17.3. The third-order valence-electron chi connectivity index (χ3n) is 3.01. The quantitative estimate of drug-likeness (QED) is 0.423. The first-order valence-electron chi connectivity index (χ1n) is 6.37. The molecule has 9 heteroatoms. The van der Waals surface area contributed by atoms with E-state index in [2.05, 4.69) is 15.5 Å². The van der Waals surface area contributed by atoms with Gasteiger partial charge in [-0.2, -0.15) is 5.10 Å². The lowest BCUT2D eigenvalue weighted by atomic mass is 10.2. The first-order chi connectivity index (χ1) is 10.7. The van der Waals surface area contributed by atoms with Crippen molar-refractivity contribution in [2.75, 3.05) is 5.43 Å². The van der Waals surface area contributed by atoms with Gasteiger partial charge >= 0.3 is 5.97 Å². The molecule has 2 rings (SSSR count). The zero-order valence-corrected chi connectivity index (χ0v) is 15.5. The third-order valence-corrected chi connectivity index (χ3v) is 5.08. The first kappa shape index (κ1) is 18.0. The molecule has 0 atom stereocenters. The smallest absolute Gasteiger partial charge is 0.356 e. The van der Waals surface area contributed by atoms with Crippen molar-refractivity contribution in [2.24, 2.45) is 5.10 Å². The van der Waals surface area contributed by atoms with Gasteiger partial charge in [-0.25, -0.2) is 9.78 Å². The van der Waals surface area contributed by atoms with Gasteiger partial charge in [0.25, 0.3) is 0 Å². The molecule has 2 N–H and O–H groups in total. The van der Waals surface area contributed by atoms with Crippen LogP contribution in [0.1, 0.15) is 32.7 Å². The molecule has 0 aliphatic carbocycles. The van der Waals surface area contributed by atoms with Crippen LogP contribution in [0.4, 0.5) is 5.69 Å². The maximum absolute atomic E-state index is 11.1. The van der Waals surface area contributed by atoms with Crippen LogP contribution < -0.4 is 5.43 Å². The largest absolute Gasteiger partial charge is 0.476 e. The van der Waals surface area contributed by atoms with E-state index in [0.717, 1.165) is 10.4 Å². The Labute approximate surface area is 151 Å². The zero-order valence-electron chi connectivity index (χ0n) is 12.4. The second-order valence-electron chi connectivity index (χ2n) is 4.70. The standard InChI is InChI=1S/C14H12Cl3N3O2S/c1-5-4-8(7(3)23-5)6(2)19-20-11-9(15)12(14(21)22)18-13(17)10(11)16/h4H,1-3H3,(H,18,20)(H,21,22)/b19-6-. The Hall–Kier alpha value is -1.34. The Kier molecular flexibility index (Phi) is 5.52. The number of hydrogen-bond donors (Lipinski definition) is 2. The molecule has 122 valence electrons. The van der Waals surface area contributed by atoms with E-state index in [4.69, 9.17) is 39.9 Å². The molecule has 0 radical (unpaired) electrons. The molecule has 0 aliphatic rings. The van der Waals surface area contributed by atoms with Gasteiger partial charge in [-0.05, 0) is 26.8 Å². The lowest BCUT2D eigenvalue weighted by molar-refractivity contribution is 0.0691. The fourth-order valence-corrected chi connectivity index (χ4v) is 3.59. The van der Waals surface area contributed by atoms with E-state index in [1.165, 1.54) is 4.88 Å². The number of aromatic carboxylic acids is 1. The molecule has 0 aliphatic heterocycles. The molecule has 0 aromatic carbocycles. The molecule has 0 unspecified atom stereocenters. The van der Waals surface area contributed by atoms with Crippen LogP contribution in [0.25, 0.3) is 0 Å². The van der Waals surface area contributed by atoms with Gasteiger partial charge in [0, 0.05) is 15.3 Å². The van der Waals surface area contributed by atoms with Gasteiger partial charge in [0.15, 0.2) is 10.8 Å². The monoisotopic (exact) mass is 391 g/mol. The number of hydrazone groups is 1. The maximum Gasteiger partial charge on any atom is 0.356 e. The van der Waals surface area contributed by atoms with Crippen LogP contribution in [0.2, 0.25) is 15.2 Å². The minimum Gasteiger partial charge on any atom is -0.476 e. The van der Waals surface area contributed by atoms with Crippen molar-refractivity contribution in [1.29, 1.82) is 0 Å². The molecule has 5 nitrogen and oxygen atoms in total. The predicted molar refractivity (Wildman–Crippen MR) is 95.9 cm³/mol. The highest BCUT2D eigenvalue weighted by atomic mass is 35.5. The van der Waals surface area contributed by atoms with Crippen molar-refractivity contribution in [2.45, 2.75) is 20.8 Å². The number of carboxylic acid groups (broad SMARTS) is 1. The topological polar surface area (TPSA) is 74.6 Å². The lowest BCUT2D eigenvalue weighted by Crippen LogP contribution is -2.06. The second kappa shape index (κ2) is 7.05. The number of pyridine rings is 1. The Bertz CT molecular complexity index is 818. The molecular weight excluding hydrogens is 381 g/mol. The van der Waals surface area contributed by atoms with E-state index >= 15 is 0 Å². The van der Waals surface area contributed by atoms with Crippen molar-refractivity contribution in [3.05, 3.63) is 42.3 Å². The van der Waals surface area contributed by atoms with Gasteiger partial charge in [-0.1, -0.05) is 34.8 Å². The van der Waals surface area contributed by atoms with Crippen LogP contribution >= 0.6 is 46.1 Å². The summed E-state index contributed by atoms with van der Waals surface area (Å²) in [6.45, 7) is 5.83. The Morgan fingerprint density at radius 2 is 1.96 bits per heavy atom. The molecule has 0 bridgehead atoms. The average molecular weight is 393 g/mol. The number of nitrogens with one attached hydrogen (secondary N) is 1. The van der Waals surface area contributed by atoms with E-state index in [-0.39, 0.29) is 26.6 Å². The van der Waals surface area contributed by atoms with Gasteiger partial charge in [0.2, 0.25) is 0 Å². The van der Waals surface area contributed by atoms with Crippen molar-refractivity contribution in [1.82, 2.24) is 4.98 Å². The summed E-state index contributed by atoms with van der Waals surface area (Å²) in [6.07, 6.45) is 0. The highest BCUT2D eigenvalue weighted by molar-refractivity contribution is 7.12. The molecular formula is C14H12Cl3N3O2S. The normalized spacial score (nSPS) is 11.7. The first-order valence-corrected chi connectivity index (χ1v) is 8.33. The number of rotatable bonds is 4. The van der Waals surface area contributed by atoms with Gasteiger partial charge in [0.05, 0.1) is 11.4 Å². The number of carboxylic acids is 1. The van der Waals surface area contributed by atoms with Crippen molar-refractivity contribution >= 4 is 63.5 Å². The van der Waals surface area contributed by atoms with Crippen LogP contribution in [0.15, 0.2) is 11.2 Å². The molecule has 2 aromatic heterocycles. The highest BCUT2D eigenvalue weighted by Gasteiger charge is 2.21. The summed E-state index contributed by atoms with van der Waals surface area (Å²) in [5.74, 6) is -1.30. The highest BCUT2D eigenvalue weighted by Crippen LogP contribution is 2.37. The summed E-state index contributed by atoms with van der Waals surface area (Å²) in [5.41, 5.74) is 4.11. The summed E-state index contributed by atoms with van der Waals surface area (Å²) in [7, 11) is 0. The fourth-order valence-electron chi connectivity index (χ4n) is 1.94. The molecule has 0 saturated heterocycles. The Morgan fingerprint density at radius 1 is 1.30 bits per heavy atom. The SMILES string of the molecule is C/C(=N/Nc1c(Cl)c(Cl)nc(C(=O)O)c1Cl)c1cc(C)sc1C. The van der Waals surface area contributed by atoms with Gasteiger partial charge in [0.1, 0.15) is 10.0 Å². The number of hydrogen-bond acceptors (Lipinski definition) is 5. The molecule has 2 heterocycles. The van der Waals surface area contributed by atoms with Crippen molar-refractivity contribution < 1.29 is 9.90 Å². The summed E-state index contributed by atoms with van der Waals surface area (Å²) >= 11 is 19.6. The number of aromatic nitrogens is 1. The summed E-state index contributed by atoms with van der Waals surface area (Å²) in [4.78, 5) is 17.1. The molecule has 2 aromatic rings. The number of aryl methyl sites for hydroxylation is 2. The molecule has 0 fully saturated rings. The second-order valence-corrected chi connectivity index (χ2v) is 7.27. The van der Waals surface area contributed by atoms with E-state index in [0.29, 0.717) is 5.71 Å². The van der Waals surface area contributed by atoms with Crippen molar-refractivity contribution in [3.8, 4) is 0 Å². The number of thiophene rings is 1. The number of nitrogens with zero attached hydrogens (tertiary/aromatic N) is 2. The summed E-state index contributed by atoms with van der Waals surface area (Å²) in [5, 5.41) is 13.0. The molecule has 23 heavy (non-hydrogen) atoms. The predicted octanol–water partition coefficient (Wildman–Crippen LogP) is 5.25. The fraction of sp³-hybridized carbons (Fsp3) is 0.214. The minimum atomic E-state index is -1.30. The lowest BCUT2D eigenvalue weighted by Gasteiger charge is -2.10. The van der Waals surface area contributed by atoms with Gasteiger partial charge < -0.3 is 5.11 Å². The Balaban J connectivity index is 2.42. The van der Waals surface area contributed by atoms with Crippen molar-refractivity contribution in [3.63, 3.8) is 0 Å². The minimum absolute atomic E-state index is 0.0106. The average Bonchev–Trinajstić information content (AvgIpc) is 2.81. The number of carbonyl (C=O) groups is 1. The van der Waals surface area contributed by atoms with E-state index in [9.17, 15) is 4.79 Å². The number of halogens is 3. The number of anilines is 1. The molecule has 0 saturated carbocycles. The third kappa shape index (κ3) is 3.77. The van der Waals surface area contributed by atoms with E-state index in [1.54, 1.807) is 11.3 Å². The summed E-state index contributed by atoms with van der Waals surface area (Å²) in [6, 6.07) is 2.02. The van der Waals surface area contributed by atoms with Crippen LogP contribution in [-0.2, 0) is 0 Å². The maximum atomic E-state index is 11.1.